The molecular weight excluding hydrogens is 166 g/mol. The Kier molecular flexibility index (Phi) is 1.83. The monoisotopic (exact) mass is 179 g/mol. The standard InChI is InChI=1S/C9H13N3O/c1-3-4-8-10-11(2)9(13)12(8)7-5-6-7/h3-4,7H,5-6H2,1-2H3. The van der Waals surface area contributed by atoms with Crippen LogP contribution in [0.5, 0.6) is 0 Å². The molecule has 1 heterocycles. The van der Waals surface area contributed by atoms with E-state index in [4.69, 9.17) is 0 Å². The minimum atomic E-state index is -0.00407. The van der Waals surface area contributed by atoms with Crippen LogP contribution in [0.4, 0.5) is 0 Å². The minimum absolute atomic E-state index is 0.00407. The van der Waals surface area contributed by atoms with Crippen LogP contribution < -0.4 is 5.69 Å². The number of allylic oxidation sites excluding steroid dienone is 1. The molecule has 0 N–H and O–H groups in total. The average molecular weight is 179 g/mol. The highest BCUT2D eigenvalue weighted by molar-refractivity contribution is 5.39. The fourth-order valence-electron chi connectivity index (χ4n) is 1.44. The van der Waals surface area contributed by atoms with Gasteiger partial charge in [0.05, 0.1) is 0 Å². The molecule has 1 aliphatic carbocycles. The van der Waals surface area contributed by atoms with Gasteiger partial charge >= 0.3 is 5.69 Å². The van der Waals surface area contributed by atoms with Gasteiger partial charge in [-0.25, -0.2) is 9.48 Å². The van der Waals surface area contributed by atoms with E-state index in [0.717, 1.165) is 18.7 Å². The van der Waals surface area contributed by atoms with Gasteiger partial charge in [0.25, 0.3) is 0 Å². The molecular formula is C9H13N3O. The van der Waals surface area contributed by atoms with Gasteiger partial charge in [0.2, 0.25) is 0 Å². The zero-order valence-corrected chi connectivity index (χ0v) is 7.90. The summed E-state index contributed by atoms with van der Waals surface area (Å²) < 4.78 is 3.17. The van der Waals surface area contributed by atoms with Crippen LogP contribution in [0, 0.1) is 0 Å². The van der Waals surface area contributed by atoms with Gasteiger partial charge in [-0.3, -0.25) is 4.57 Å². The molecule has 0 aromatic carbocycles. The highest BCUT2D eigenvalue weighted by Crippen LogP contribution is 2.34. The number of hydrogen-bond acceptors (Lipinski definition) is 2. The van der Waals surface area contributed by atoms with Gasteiger partial charge < -0.3 is 0 Å². The van der Waals surface area contributed by atoms with E-state index in [0.29, 0.717) is 6.04 Å². The average Bonchev–Trinajstić information content (AvgIpc) is 2.85. The molecule has 0 bridgehead atoms. The summed E-state index contributed by atoms with van der Waals surface area (Å²) in [5, 5.41) is 4.14. The van der Waals surface area contributed by atoms with Crippen LogP contribution in [0.15, 0.2) is 10.9 Å². The van der Waals surface area contributed by atoms with Crippen LogP contribution in [0.2, 0.25) is 0 Å². The molecule has 2 rings (SSSR count). The number of hydrogen-bond donors (Lipinski definition) is 0. The molecule has 4 nitrogen and oxygen atoms in total. The number of nitrogens with zero attached hydrogens (tertiary/aromatic N) is 3. The second-order valence-electron chi connectivity index (χ2n) is 3.37. The summed E-state index contributed by atoms with van der Waals surface area (Å²) in [5.74, 6) is 0.775. The summed E-state index contributed by atoms with van der Waals surface area (Å²) >= 11 is 0. The molecule has 0 aliphatic heterocycles. The first kappa shape index (κ1) is 8.29. The zero-order valence-electron chi connectivity index (χ0n) is 7.90. The van der Waals surface area contributed by atoms with Crippen molar-refractivity contribution in [1.82, 2.24) is 14.3 Å². The maximum Gasteiger partial charge on any atom is 0.346 e. The summed E-state index contributed by atoms with van der Waals surface area (Å²) in [6.45, 7) is 1.93. The third-order valence-corrected chi connectivity index (χ3v) is 2.21. The molecule has 0 radical (unpaired) electrons. The van der Waals surface area contributed by atoms with Crippen molar-refractivity contribution in [3.63, 3.8) is 0 Å². The molecule has 1 aromatic heterocycles. The first-order valence-corrected chi connectivity index (χ1v) is 4.52. The van der Waals surface area contributed by atoms with Gasteiger partial charge in [-0.1, -0.05) is 6.08 Å². The van der Waals surface area contributed by atoms with Crippen molar-refractivity contribution < 1.29 is 0 Å². The van der Waals surface area contributed by atoms with E-state index >= 15 is 0 Å². The van der Waals surface area contributed by atoms with Crippen molar-refractivity contribution in [1.29, 1.82) is 0 Å². The third-order valence-electron chi connectivity index (χ3n) is 2.21. The Morgan fingerprint density at radius 2 is 2.23 bits per heavy atom. The fraction of sp³-hybridized carbons (Fsp3) is 0.556. The normalized spacial score (nSPS) is 17.1. The Labute approximate surface area is 76.5 Å². The molecule has 4 heteroatoms. The Bertz CT molecular complexity index is 395. The minimum Gasteiger partial charge on any atom is -0.272 e. The summed E-state index contributed by atoms with van der Waals surface area (Å²) in [5.41, 5.74) is -0.00407. The maximum atomic E-state index is 11.6. The molecule has 13 heavy (non-hydrogen) atoms. The second kappa shape index (κ2) is 2.87. The van der Waals surface area contributed by atoms with E-state index in [1.165, 1.54) is 4.68 Å². The summed E-state index contributed by atoms with van der Waals surface area (Å²) in [6.07, 6.45) is 5.99. The van der Waals surface area contributed by atoms with Crippen molar-refractivity contribution in [3.8, 4) is 0 Å². The van der Waals surface area contributed by atoms with E-state index in [-0.39, 0.29) is 5.69 Å². The van der Waals surface area contributed by atoms with Gasteiger partial charge in [-0.2, -0.15) is 5.10 Å². The lowest BCUT2D eigenvalue weighted by Crippen LogP contribution is -2.22. The van der Waals surface area contributed by atoms with Crippen molar-refractivity contribution >= 4 is 6.08 Å². The molecule has 0 amide bonds. The highest BCUT2D eigenvalue weighted by Gasteiger charge is 2.28. The Hall–Kier alpha value is -1.32. The number of rotatable bonds is 2. The first-order valence-electron chi connectivity index (χ1n) is 4.52. The van der Waals surface area contributed by atoms with Gasteiger partial charge in [0.1, 0.15) is 0 Å². The smallest absolute Gasteiger partial charge is 0.272 e. The van der Waals surface area contributed by atoms with E-state index in [1.807, 2.05) is 19.1 Å². The molecule has 0 spiro atoms. The second-order valence-corrected chi connectivity index (χ2v) is 3.37. The summed E-state index contributed by atoms with van der Waals surface area (Å²) in [6, 6.07) is 0.396. The van der Waals surface area contributed by atoms with Crippen LogP contribution in [-0.4, -0.2) is 14.3 Å². The van der Waals surface area contributed by atoms with Crippen molar-refractivity contribution in [3.05, 3.63) is 22.4 Å². The molecule has 1 aliphatic rings. The molecule has 1 aromatic rings. The molecule has 70 valence electrons. The fourth-order valence-corrected chi connectivity index (χ4v) is 1.44. The van der Waals surface area contributed by atoms with Crippen molar-refractivity contribution in [2.75, 3.05) is 0 Å². The van der Waals surface area contributed by atoms with Crippen molar-refractivity contribution in [2.45, 2.75) is 25.8 Å². The van der Waals surface area contributed by atoms with Crippen LogP contribution >= 0.6 is 0 Å². The predicted molar refractivity (Wildman–Crippen MR) is 50.4 cm³/mol. The van der Waals surface area contributed by atoms with Crippen LogP contribution in [0.25, 0.3) is 6.08 Å². The van der Waals surface area contributed by atoms with Crippen molar-refractivity contribution in [2.24, 2.45) is 7.05 Å². The number of aromatic nitrogens is 3. The molecule has 0 atom stereocenters. The predicted octanol–water partition coefficient (Wildman–Crippen LogP) is 0.950. The van der Waals surface area contributed by atoms with E-state index < -0.39 is 0 Å². The maximum absolute atomic E-state index is 11.6. The van der Waals surface area contributed by atoms with Gasteiger partial charge in [-0.05, 0) is 25.8 Å². The summed E-state index contributed by atoms with van der Waals surface area (Å²) in [7, 11) is 1.69. The molecule has 0 unspecified atom stereocenters. The lowest BCUT2D eigenvalue weighted by Gasteiger charge is -1.96. The largest absolute Gasteiger partial charge is 0.346 e. The van der Waals surface area contributed by atoms with E-state index in [2.05, 4.69) is 5.10 Å². The summed E-state index contributed by atoms with van der Waals surface area (Å²) in [4.78, 5) is 11.6. The molecule has 1 saturated carbocycles. The Morgan fingerprint density at radius 1 is 1.54 bits per heavy atom. The lowest BCUT2D eigenvalue weighted by atomic mass is 10.5. The third kappa shape index (κ3) is 1.32. The first-order chi connectivity index (χ1) is 6.24. The zero-order chi connectivity index (χ0) is 9.42. The number of aryl methyl sites for hydroxylation is 1. The lowest BCUT2D eigenvalue weighted by molar-refractivity contribution is 0.664. The Balaban J connectivity index is 2.54. The van der Waals surface area contributed by atoms with Crippen LogP contribution in [-0.2, 0) is 7.05 Å². The van der Waals surface area contributed by atoms with E-state index in [1.54, 1.807) is 11.6 Å². The molecule has 0 saturated heterocycles. The quantitative estimate of drug-likeness (QED) is 0.678. The van der Waals surface area contributed by atoms with E-state index in [9.17, 15) is 4.79 Å². The van der Waals surface area contributed by atoms with Crippen LogP contribution in [0.3, 0.4) is 0 Å². The molecule has 1 fully saturated rings. The van der Waals surface area contributed by atoms with Crippen LogP contribution in [0.1, 0.15) is 31.6 Å². The SMILES string of the molecule is CC=Cc1nn(C)c(=O)n1C1CC1. The van der Waals surface area contributed by atoms with Gasteiger partial charge in [0, 0.05) is 13.1 Å². The van der Waals surface area contributed by atoms with Gasteiger partial charge in [-0.15, -0.1) is 0 Å². The van der Waals surface area contributed by atoms with Gasteiger partial charge in [0.15, 0.2) is 5.82 Å². The topological polar surface area (TPSA) is 39.8 Å². The highest BCUT2D eigenvalue weighted by atomic mass is 16.2. The Morgan fingerprint density at radius 3 is 2.77 bits per heavy atom.